The van der Waals surface area contributed by atoms with Gasteiger partial charge in [0.15, 0.2) is 5.69 Å². The lowest BCUT2D eigenvalue weighted by Gasteiger charge is -2.08. The first-order valence-corrected chi connectivity index (χ1v) is 8.15. The first-order chi connectivity index (χ1) is 11.7. The summed E-state index contributed by atoms with van der Waals surface area (Å²) in [6, 6.07) is 25.2. The van der Waals surface area contributed by atoms with E-state index in [1.54, 1.807) is 0 Å². The van der Waals surface area contributed by atoms with E-state index in [4.69, 9.17) is 4.98 Å². The molecule has 0 fully saturated rings. The van der Waals surface area contributed by atoms with Gasteiger partial charge in [-0.15, -0.1) is 0 Å². The number of rotatable bonds is 2. The van der Waals surface area contributed by atoms with E-state index in [1.807, 2.05) is 18.2 Å². The molecule has 4 rings (SSSR count). The minimum Gasteiger partial charge on any atom is -0.233 e. The molecule has 0 unspecified atom stereocenters. The third-order valence-corrected chi connectivity index (χ3v) is 4.45. The Labute approximate surface area is 142 Å². The molecule has 0 saturated heterocycles. The van der Waals surface area contributed by atoms with Gasteiger partial charge in [-0.2, -0.15) is 0 Å². The standard InChI is InChI=1S/C22H19N2/c1-16-12-13-17-8-6-7-11-19(17)21(16)22-23-20(14-15-24(22)2)18-9-4-3-5-10-18/h3-15H,1-2H3/q+1. The molecule has 2 heteroatoms. The largest absolute Gasteiger partial charge is 0.331 e. The predicted molar refractivity (Wildman–Crippen MR) is 98.5 cm³/mol. The van der Waals surface area contributed by atoms with E-state index in [2.05, 4.69) is 79.3 Å². The van der Waals surface area contributed by atoms with Crippen molar-refractivity contribution in [2.75, 3.05) is 0 Å². The number of hydrogen-bond donors (Lipinski definition) is 0. The summed E-state index contributed by atoms with van der Waals surface area (Å²) in [6.45, 7) is 2.15. The van der Waals surface area contributed by atoms with Gasteiger partial charge in [-0.25, -0.2) is 4.57 Å². The van der Waals surface area contributed by atoms with Crippen LogP contribution < -0.4 is 4.57 Å². The van der Waals surface area contributed by atoms with Crippen LogP contribution >= 0.6 is 0 Å². The first kappa shape index (κ1) is 14.6. The lowest BCUT2D eigenvalue weighted by molar-refractivity contribution is -0.662. The molecular formula is C22H19N2+. The average molecular weight is 311 g/mol. The topological polar surface area (TPSA) is 16.8 Å². The van der Waals surface area contributed by atoms with Crippen molar-refractivity contribution in [1.82, 2.24) is 4.98 Å². The van der Waals surface area contributed by atoms with Crippen LogP contribution in [0.25, 0.3) is 33.4 Å². The van der Waals surface area contributed by atoms with Crippen molar-refractivity contribution >= 4 is 10.8 Å². The third-order valence-electron chi connectivity index (χ3n) is 4.45. The van der Waals surface area contributed by atoms with Crippen molar-refractivity contribution in [2.45, 2.75) is 6.92 Å². The van der Waals surface area contributed by atoms with Gasteiger partial charge in [0.05, 0.1) is 18.8 Å². The average Bonchev–Trinajstić information content (AvgIpc) is 2.63. The van der Waals surface area contributed by atoms with E-state index >= 15 is 0 Å². The van der Waals surface area contributed by atoms with E-state index in [0.717, 1.165) is 17.1 Å². The molecule has 24 heavy (non-hydrogen) atoms. The maximum Gasteiger partial charge on any atom is 0.331 e. The van der Waals surface area contributed by atoms with Crippen LogP contribution in [0.4, 0.5) is 0 Å². The van der Waals surface area contributed by atoms with E-state index < -0.39 is 0 Å². The van der Waals surface area contributed by atoms with Crippen LogP contribution in [0.3, 0.4) is 0 Å². The molecule has 0 aliphatic heterocycles. The number of benzene rings is 3. The summed E-state index contributed by atoms with van der Waals surface area (Å²) in [4.78, 5) is 4.99. The maximum absolute atomic E-state index is 4.99. The van der Waals surface area contributed by atoms with Gasteiger partial charge in [0.2, 0.25) is 0 Å². The highest BCUT2D eigenvalue weighted by atomic mass is 15.0. The van der Waals surface area contributed by atoms with Crippen molar-refractivity contribution < 1.29 is 4.57 Å². The Hall–Kier alpha value is -3.00. The van der Waals surface area contributed by atoms with E-state index in [1.165, 1.54) is 21.9 Å². The van der Waals surface area contributed by atoms with Gasteiger partial charge < -0.3 is 0 Å². The fourth-order valence-corrected chi connectivity index (χ4v) is 3.16. The van der Waals surface area contributed by atoms with Crippen molar-refractivity contribution in [2.24, 2.45) is 7.05 Å². The molecule has 3 aromatic carbocycles. The van der Waals surface area contributed by atoms with Gasteiger partial charge in [-0.05, 0) is 28.2 Å². The minimum atomic E-state index is 0.991. The Kier molecular flexibility index (Phi) is 3.58. The molecule has 0 atom stereocenters. The van der Waals surface area contributed by atoms with E-state index in [0.29, 0.717) is 0 Å². The second kappa shape index (κ2) is 5.89. The molecule has 0 N–H and O–H groups in total. The van der Waals surface area contributed by atoms with Crippen LogP contribution in [0, 0.1) is 6.92 Å². The molecule has 2 nitrogen and oxygen atoms in total. The molecule has 0 aliphatic rings. The van der Waals surface area contributed by atoms with Crippen LogP contribution in [0.2, 0.25) is 0 Å². The summed E-state index contributed by atoms with van der Waals surface area (Å²) in [5.74, 6) is 0.991. The molecule has 0 bridgehead atoms. The zero-order valence-electron chi connectivity index (χ0n) is 13.9. The smallest absolute Gasteiger partial charge is 0.233 e. The molecule has 0 amide bonds. The van der Waals surface area contributed by atoms with Gasteiger partial charge in [0, 0.05) is 11.6 Å². The fourth-order valence-electron chi connectivity index (χ4n) is 3.16. The highest BCUT2D eigenvalue weighted by molar-refractivity contribution is 5.96. The van der Waals surface area contributed by atoms with Crippen LogP contribution in [0.5, 0.6) is 0 Å². The van der Waals surface area contributed by atoms with Gasteiger partial charge in [-0.1, -0.05) is 66.7 Å². The Balaban J connectivity index is 1.99. The van der Waals surface area contributed by atoms with E-state index in [9.17, 15) is 0 Å². The highest BCUT2D eigenvalue weighted by Crippen LogP contribution is 2.30. The third kappa shape index (κ3) is 2.46. The first-order valence-electron chi connectivity index (χ1n) is 8.15. The Bertz CT molecular complexity index is 1020. The molecule has 1 heterocycles. The molecule has 0 aliphatic carbocycles. The lowest BCUT2D eigenvalue weighted by atomic mass is 9.98. The number of hydrogen-bond acceptors (Lipinski definition) is 1. The predicted octanol–water partition coefficient (Wildman–Crippen LogP) is 4.70. The summed E-state index contributed by atoms with van der Waals surface area (Å²) in [5.41, 5.74) is 4.57. The van der Waals surface area contributed by atoms with Crippen LogP contribution in [0.1, 0.15) is 5.56 Å². The number of nitrogens with zero attached hydrogens (tertiary/aromatic N) is 2. The normalized spacial score (nSPS) is 10.9. The lowest BCUT2D eigenvalue weighted by Crippen LogP contribution is -2.32. The summed E-state index contributed by atoms with van der Waals surface area (Å²) in [6.07, 6.45) is 2.09. The zero-order valence-corrected chi connectivity index (χ0v) is 13.9. The van der Waals surface area contributed by atoms with Crippen molar-refractivity contribution in [3.8, 4) is 22.6 Å². The Morgan fingerprint density at radius 3 is 2.38 bits per heavy atom. The molecule has 4 aromatic rings. The van der Waals surface area contributed by atoms with Crippen molar-refractivity contribution in [1.29, 1.82) is 0 Å². The van der Waals surface area contributed by atoms with E-state index in [-0.39, 0.29) is 0 Å². The summed E-state index contributed by atoms with van der Waals surface area (Å²) >= 11 is 0. The zero-order chi connectivity index (χ0) is 16.5. The van der Waals surface area contributed by atoms with Crippen molar-refractivity contribution in [3.05, 3.63) is 84.6 Å². The molecule has 0 spiro atoms. The quantitative estimate of drug-likeness (QED) is 0.490. The summed E-state index contributed by atoms with van der Waals surface area (Å²) < 4.78 is 2.10. The molecule has 0 radical (unpaired) electrons. The fraction of sp³-hybridized carbons (Fsp3) is 0.0909. The second-order valence-corrected chi connectivity index (χ2v) is 6.09. The van der Waals surface area contributed by atoms with Gasteiger partial charge >= 0.3 is 5.82 Å². The summed E-state index contributed by atoms with van der Waals surface area (Å²) in [7, 11) is 2.05. The molecular weight excluding hydrogens is 292 g/mol. The Morgan fingerprint density at radius 1 is 0.792 bits per heavy atom. The Morgan fingerprint density at radius 2 is 1.54 bits per heavy atom. The van der Waals surface area contributed by atoms with Crippen LogP contribution in [-0.2, 0) is 7.05 Å². The van der Waals surface area contributed by atoms with Gasteiger partial charge in [0.1, 0.15) is 0 Å². The SMILES string of the molecule is Cc1ccc2ccccc2c1-c1nc(-c2ccccc2)cc[n+]1C. The van der Waals surface area contributed by atoms with Crippen LogP contribution in [0.15, 0.2) is 79.0 Å². The number of aromatic nitrogens is 2. The maximum atomic E-state index is 4.99. The van der Waals surface area contributed by atoms with Gasteiger partial charge in [0.25, 0.3) is 0 Å². The number of aryl methyl sites for hydroxylation is 2. The molecule has 1 aromatic heterocycles. The second-order valence-electron chi connectivity index (χ2n) is 6.09. The molecule has 116 valence electrons. The van der Waals surface area contributed by atoms with Crippen LogP contribution in [-0.4, -0.2) is 4.98 Å². The highest BCUT2D eigenvalue weighted by Gasteiger charge is 2.20. The monoisotopic (exact) mass is 311 g/mol. The number of fused-ring (bicyclic) bond motifs is 1. The van der Waals surface area contributed by atoms with Crippen molar-refractivity contribution in [3.63, 3.8) is 0 Å². The van der Waals surface area contributed by atoms with Gasteiger partial charge in [-0.3, -0.25) is 0 Å². The summed E-state index contributed by atoms with van der Waals surface area (Å²) in [5, 5.41) is 2.48. The molecule has 0 saturated carbocycles. The minimum absolute atomic E-state index is 0.991.